The number of ketones is 1. The molecule has 1 nitrogen and oxygen atoms in total. The molecule has 0 radical (unpaired) electrons. The molecule has 0 saturated heterocycles. The molecule has 0 N–H and O–H groups in total. The second-order valence-electron chi connectivity index (χ2n) is 4.72. The minimum atomic E-state index is 0.106. The van der Waals surface area contributed by atoms with E-state index in [1.165, 1.54) is 5.57 Å². The molecule has 0 spiro atoms. The Morgan fingerprint density at radius 2 is 2.07 bits per heavy atom. The zero-order valence-corrected chi connectivity index (χ0v) is 9.63. The van der Waals surface area contributed by atoms with Gasteiger partial charge in [-0.2, -0.15) is 0 Å². The first-order valence-corrected chi connectivity index (χ1v) is 5.35. The van der Waals surface area contributed by atoms with E-state index >= 15 is 0 Å². The molecule has 1 heteroatoms. The van der Waals surface area contributed by atoms with Gasteiger partial charge in [-0.15, -0.1) is 0 Å². The van der Waals surface area contributed by atoms with Crippen molar-refractivity contribution in [1.82, 2.24) is 0 Å². The summed E-state index contributed by atoms with van der Waals surface area (Å²) in [5.74, 6) is 0.495. The number of hydrogen-bond acceptors (Lipinski definition) is 1. The quantitative estimate of drug-likeness (QED) is 0.621. The molecule has 0 amide bonds. The van der Waals surface area contributed by atoms with Crippen molar-refractivity contribution in [2.45, 2.75) is 40.5 Å². The van der Waals surface area contributed by atoms with E-state index in [0.717, 1.165) is 12.8 Å². The van der Waals surface area contributed by atoms with Gasteiger partial charge in [-0.1, -0.05) is 44.6 Å². The van der Waals surface area contributed by atoms with E-state index in [0.29, 0.717) is 5.78 Å². The summed E-state index contributed by atoms with van der Waals surface area (Å²) in [7, 11) is 0. The molecular formula is C13H20O. The molecule has 1 atom stereocenters. The number of hydrogen-bond donors (Lipinski definition) is 0. The largest absolute Gasteiger partial charge is 0.299 e. The first-order valence-electron chi connectivity index (χ1n) is 5.35. The molecule has 1 rings (SSSR count). The molecule has 1 saturated carbocycles. The van der Waals surface area contributed by atoms with Crippen LogP contribution in [0.15, 0.2) is 23.8 Å². The van der Waals surface area contributed by atoms with Crippen molar-refractivity contribution in [3.8, 4) is 0 Å². The summed E-state index contributed by atoms with van der Waals surface area (Å²) in [6.07, 6.45) is 7.88. The monoisotopic (exact) mass is 192 g/mol. The van der Waals surface area contributed by atoms with Crippen molar-refractivity contribution < 1.29 is 4.79 Å². The Labute approximate surface area is 86.9 Å². The topological polar surface area (TPSA) is 17.1 Å². The SMILES string of the molecule is C/C=C\C=C1/C(C)C(=O)CCC1(C)C. The lowest BCUT2D eigenvalue weighted by molar-refractivity contribution is -0.123. The summed E-state index contributed by atoms with van der Waals surface area (Å²) in [5.41, 5.74) is 1.47. The fraction of sp³-hybridized carbons (Fsp3) is 0.615. The van der Waals surface area contributed by atoms with Crippen molar-refractivity contribution >= 4 is 5.78 Å². The summed E-state index contributed by atoms with van der Waals surface area (Å²) in [5, 5.41) is 0. The number of allylic oxidation sites excluding steroid dienone is 4. The summed E-state index contributed by atoms with van der Waals surface area (Å²) in [6.45, 7) is 8.48. The molecule has 14 heavy (non-hydrogen) atoms. The average Bonchev–Trinajstić information content (AvgIpc) is 2.12. The summed E-state index contributed by atoms with van der Waals surface area (Å²) in [4.78, 5) is 11.6. The number of carbonyl (C=O) groups excluding carboxylic acids is 1. The molecule has 78 valence electrons. The van der Waals surface area contributed by atoms with Crippen LogP contribution < -0.4 is 0 Å². The highest BCUT2D eigenvalue weighted by molar-refractivity contribution is 5.85. The first-order chi connectivity index (χ1) is 6.49. The van der Waals surface area contributed by atoms with Gasteiger partial charge in [0.1, 0.15) is 5.78 Å². The van der Waals surface area contributed by atoms with E-state index in [1.807, 2.05) is 26.0 Å². The summed E-state index contributed by atoms with van der Waals surface area (Å²) in [6, 6.07) is 0. The van der Waals surface area contributed by atoms with Crippen LogP contribution in [0.2, 0.25) is 0 Å². The van der Waals surface area contributed by atoms with E-state index in [4.69, 9.17) is 0 Å². The van der Waals surface area contributed by atoms with Crippen molar-refractivity contribution in [1.29, 1.82) is 0 Å². The van der Waals surface area contributed by atoms with Crippen LogP contribution in [0.3, 0.4) is 0 Å². The standard InChI is InChI=1S/C13H20O/c1-5-6-7-11-10(2)12(14)8-9-13(11,3)4/h5-7,10H,8-9H2,1-4H3/b6-5-,11-7+. The van der Waals surface area contributed by atoms with E-state index in [9.17, 15) is 4.79 Å². The lowest BCUT2D eigenvalue weighted by Crippen LogP contribution is -2.31. The van der Waals surface area contributed by atoms with Crippen LogP contribution >= 0.6 is 0 Å². The van der Waals surface area contributed by atoms with E-state index in [1.54, 1.807) is 0 Å². The summed E-state index contributed by atoms with van der Waals surface area (Å²) < 4.78 is 0. The Hall–Kier alpha value is -0.850. The van der Waals surface area contributed by atoms with Gasteiger partial charge < -0.3 is 0 Å². The first kappa shape index (κ1) is 11.2. The third-order valence-electron chi connectivity index (χ3n) is 3.20. The number of carbonyl (C=O) groups is 1. The van der Waals surface area contributed by atoms with Gasteiger partial charge in [-0.3, -0.25) is 4.79 Å². The van der Waals surface area contributed by atoms with Crippen molar-refractivity contribution in [2.24, 2.45) is 11.3 Å². The van der Waals surface area contributed by atoms with E-state index in [2.05, 4.69) is 19.9 Å². The minimum Gasteiger partial charge on any atom is -0.299 e. The highest BCUT2D eigenvalue weighted by Crippen LogP contribution is 2.41. The predicted molar refractivity (Wildman–Crippen MR) is 60.1 cm³/mol. The average molecular weight is 192 g/mol. The van der Waals surface area contributed by atoms with Gasteiger partial charge in [0, 0.05) is 12.3 Å². The van der Waals surface area contributed by atoms with Gasteiger partial charge in [0.05, 0.1) is 0 Å². The molecular weight excluding hydrogens is 172 g/mol. The van der Waals surface area contributed by atoms with Crippen LogP contribution in [-0.2, 0) is 4.79 Å². The Kier molecular flexibility index (Phi) is 3.30. The van der Waals surface area contributed by atoms with E-state index < -0.39 is 0 Å². The third-order valence-corrected chi connectivity index (χ3v) is 3.20. The number of Topliss-reactive ketones (excluding diaryl/α,β-unsaturated/α-hetero) is 1. The molecule has 0 bridgehead atoms. The Bertz CT molecular complexity index is 282. The molecule has 0 heterocycles. The van der Waals surface area contributed by atoms with Gasteiger partial charge in [0.2, 0.25) is 0 Å². The van der Waals surface area contributed by atoms with Crippen LogP contribution in [0.4, 0.5) is 0 Å². The minimum absolute atomic E-state index is 0.106. The zero-order chi connectivity index (χ0) is 10.8. The van der Waals surface area contributed by atoms with Gasteiger partial charge in [0.15, 0.2) is 0 Å². The van der Waals surface area contributed by atoms with Crippen LogP contribution in [0, 0.1) is 11.3 Å². The second-order valence-corrected chi connectivity index (χ2v) is 4.72. The molecule has 1 fully saturated rings. The Morgan fingerprint density at radius 1 is 1.43 bits per heavy atom. The van der Waals surface area contributed by atoms with Crippen LogP contribution in [0.1, 0.15) is 40.5 Å². The van der Waals surface area contributed by atoms with Gasteiger partial charge >= 0.3 is 0 Å². The van der Waals surface area contributed by atoms with Gasteiger partial charge in [0.25, 0.3) is 0 Å². The molecule has 0 aromatic carbocycles. The highest BCUT2D eigenvalue weighted by Gasteiger charge is 2.35. The summed E-state index contributed by atoms with van der Waals surface area (Å²) >= 11 is 0. The normalized spacial score (nSPS) is 30.1. The van der Waals surface area contributed by atoms with Crippen LogP contribution in [0.25, 0.3) is 0 Å². The zero-order valence-electron chi connectivity index (χ0n) is 9.63. The molecule has 1 aliphatic carbocycles. The third kappa shape index (κ3) is 2.14. The molecule has 0 aliphatic heterocycles. The fourth-order valence-corrected chi connectivity index (χ4v) is 2.13. The van der Waals surface area contributed by atoms with Gasteiger partial charge in [-0.05, 0) is 18.8 Å². The van der Waals surface area contributed by atoms with Crippen LogP contribution in [0.5, 0.6) is 0 Å². The Balaban J connectivity index is 3.00. The number of rotatable bonds is 1. The molecule has 0 aromatic rings. The lowest BCUT2D eigenvalue weighted by atomic mass is 9.68. The lowest BCUT2D eigenvalue weighted by Gasteiger charge is -2.36. The molecule has 0 aromatic heterocycles. The Morgan fingerprint density at radius 3 is 2.64 bits per heavy atom. The van der Waals surface area contributed by atoms with Crippen molar-refractivity contribution in [3.05, 3.63) is 23.8 Å². The molecule has 1 aliphatic rings. The predicted octanol–water partition coefficient (Wildman–Crippen LogP) is 3.51. The van der Waals surface area contributed by atoms with E-state index in [-0.39, 0.29) is 11.3 Å². The fourth-order valence-electron chi connectivity index (χ4n) is 2.13. The maximum atomic E-state index is 11.6. The maximum Gasteiger partial charge on any atom is 0.139 e. The van der Waals surface area contributed by atoms with Gasteiger partial charge in [-0.25, -0.2) is 0 Å². The second kappa shape index (κ2) is 4.12. The maximum absolute atomic E-state index is 11.6. The molecule has 1 unspecified atom stereocenters. The smallest absolute Gasteiger partial charge is 0.139 e. The van der Waals surface area contributed by atoms with Crippen molar-refractivity contribution in [2.75, 3.05) is 0 Å². The highest BCUT2D eigenvalue weighted by atomic mass is 16.1. The van der Waals surface area contributed by atoms with Crippen LogP contribution in [-0.4, -0.2) is 5.78 Å². The van der Waals surface area contributed by atoms with Crippen molar-refractivity contribution in [3.63, 3.8) is 0 Å².